The van der Waals surface area contributed by atoms with Crippen LogP contribution in [0.3, 0.4) is 0 Å². The molecule has 0 atom stereocenters. The van der Waals surface area contributed by atoms with Crippen LogP contribution >= 0.6 is 11.8 Å². The summed E-state index contributed by atoms with van der Waals surface area (Å²) in [5, 5.41) is 0.518. The summed E-state index contributed by atoms with van der Waals surface area (Å²) >= 11 is 1.38. The number of ether oxygens (including phenoxy) is 1. The van der Waals surface area contributed by atoms with E-state index in [0.29, 0.717) is 22.9 Å². The van der Waals surface area contributed by atoms with Crippen molar-refractivity contribution >= 4 is 11.8 Å². The highest BCUT2D eigenvalue weighted by Gasteiger charge is 2.06. The van der Waals surface area contributed by atoms with Gasteiger partial charge in [0, 0.05) is 36.3 Å². The Morgan fingerprint density at radius 1 is 1.08 bits per heavy atom. The Labute approximate surface area is 147 Å². The fourth-order valence-corrected chi connectivity index (χ4v) is 2.88. The molecule has 0 unspecified atom stereocenters. The van der Waals surface area contributed by atoms with E-state index in [4.69, 9.17) is 4.74 Å². The van der Waals surface area contributed by atoms with Gasteiger partial charge < -0.3 is 9.72 Å². The average Bonchev–Trinajstić information content (AvgIpc) is 2.64. The van der Waals surface area contributed by atoms with E-state index in [1.807, 2.05) is 0 Å². The lowest BCUT2D eigenvalue weighted by Gasteiger charge is -2.04. The summed E-state index contributed by atoms with van der Waals surface area (Å²) in [6.07, 6.45) is 5.16. The predicted octanol–water partition coefficient (Wildman–Crippen LogP) is 2.59. The second-order valence-electron chi connectivity index (χ2n) is 5.21. The molecule has 0 aliphatic rings. The minimum atomic E-state index is -0.271. The molecule has 0 aliphatic carbocycles. The molecule has 8 heteroatoms. The van der Waals surface area contributed by atoms with Crippen molar-refractivity contribution < 1.29 is 9.13 Å². The Kier molecular flexibility index (Phi) is 5.39. The molecule has 3 aromatic rings. The van der Waals surface area contributed by atoms with Crippen LogP contribution in [-0.2, 0) is 12.2 Å². The van der Waals surface area contributed by atoms with Crippen molar-refractivity contribution in [3.8, 4) is 6.01 Å². The van der Waals surface area contributed by atoms with E-state index < -0.39 is 0 Å². The highest BCUT2D eigenvalue weighted by molar-refractivity contribution is 7.98. The first-order valence-electron chi connectivity index (χ1n) is 7.44. The van der Waals surface area contributed by atoms with Crippen molar-refractivity contribution in [3.63, 3.8) is 0 Å². The maximum absolute atomic E-state index is 12.9. The van der Waals surface area contributed by atoms with Crippen LogP contribution in [0.1, 0.15) is 16.7 Å². The second-order valence-corrected chi connectivity index (χ2v) is 6.18. The summed E-state index contributed by atoms with van der Waals surface area (Å²) in [7, 11) is 1.49. The second kappa shape index (κ2) is 7.89. The molecule has 0 aliphatic heterocycles. The monoisotopic (exact) mass is 358 g/mol. The molecule has 0 saturated carbocycles. The van der Waals surface area contributed by atoms with Crippen LogP contribution in [0.15, 0.2) is 52.8 Å². The van der Waals surface area contributed by atoms with Crippen molar-refractivity contribution in [1.29, 1.82) is 0 Å². The lowest BCUT2D eigenvalue weighted by atomic mass is 10.1. The van der Waals surface area contributed by atoms with Gasteiger partial charge in [0.1, 0.15) is 5.82 Å². The van der Waals surface area contributed by atoms with E-state index in [9.17, 15) is 9.18 Å². The SMILES string of the molecule is COc1ncc(Cc2cnc(SCc3ccc(F)cc3)[nH]c2=O)cn1. The lowest BCUT2D eigenvalue weighted by molar-refractivity contribution is 0.379. The fraction of sp³-hybridized carbons (Fsp3) is 0.176. The van der Waals surface area contributed by atoms with E-state index in [1.54, 1.807) is 30.7 Å². The molecule has 0 saturated heterocycles. The van der Waals surface area contributed by atoms with E-state index in [1.165, 1.54) is 31.0 Å². The minimum Gasteiger partial charge on any atom is -0.467 e. The van der Waals surface area contributed by atoms with Crippen molar-refractivity contribution in [2.45, 2.75) is 17.3 Å². The summed E-state index contributed by atoms with van der Waals surface area (Å²) in [5.74, 6) is 0.321. The van der Waals surface area contributed by atoms with Gasteiger partial charge in [-0.2, -0.15) is 0 Å². The maximum Gasteiger partial charge on any atom is 0.316 e. The molecule has 0 radical (unpaired) electrons. The molecule has 2 heterocycles. The van der Waals surface area contributed by atoms with Crippen LogP contribution in [0.2, 0.25) is 0 Å². The molecular formula is C17H15FN4O2S. The Morgan fingerprint density at radius 3 is 2.44 bits per heavy atom. The molecule has 25 heavy (non-hydrogen) atoms. The summed E-state index contributed by atoms with van der Waals surface area (Å²) in [4.78, 5) is 27.3. The van der Waals surface area contributed by atoms with Crippen LogP contribution in [0.25, 0.3) is 0 Å². The molecule has 0 spiro atoms. The van der Waals surface area contributed by atoms with Crippen LogP contribution in [0.4, 0.5) is 4.39 Å². The zero-order valence-corrected chi connectivity index (χ0v) is 14.2. The van der Waals surface area contributed by atoms with Gasteiger partial charge in [-0.3, -0.25) is 4.79 Å². The number of thioether (sulfide) groups is 1. The van der Waals surface area contributed by atoms with Gasteiger partial charge in [0.05, 0.1) is 7.11 Å². The Hall–Kier alpha value is -2.74. The van der Waals surface area contributed by atoms with E-state index in [-0.39, 0.29) is 17.4 Å². The first-order valence-corrected chi connectivity index (χ1v) is 8.43. The van der Waals surface area contributed by atoms with Crippen molar-refractivity contribution in [2.75, 3.05) is 7.11 Å². The van der Waals surface area contributed by atoms with Crippen molar-refractivity contribution in [1.82, 2.24) is 19.9 Å². The summed E-state index contributed by atoms with van der Waals surface area (Å²) in [6.45, 7) is 0. The summed E-state index contributed by atoms with van der Waals surface area (Å²) in [5.41, 5.74) is 2.07. The van der Waals surface area contributed by atoms with Gasteiger partial charge in [0.2, 0.25) is 0 Å². The molecule has 0 amide bonds. The number of methoxy groups -OCH3 is 1. The molecular weight excluding hydrogens is 343 g/mol. The summed E-state index contributed by atoms with van der Waals surface area (Å²) in [6, 6.07) is 6.51. The zero-order chi connectivity index (χ0) is 17.6. The maximum atomic E-state index is 12.9. The van der Waals surface area contributed by atoms with Gasteiger partial charge in [-0.05, 0) is 23.3 Å². The van der Waals surface area contributed by atoms with Crippen molar-refractivity contribution in [3.05, 3.63) is 75.7 Å². The first-order chi connectivity index (χ1) is 12.1. The van der Waals surface area contributed by atoms with Crippen LogP contribution in [0.5, 0.6) is 6.01 Å². The quantitative estimate of drug-likeness (QED) is 0.539. The van der Waals surface area contributed by atoms with E-state index in [0.717, 1.165) is 11.1 Å². The predicted molar refractivity (Wildman–Crippen MR) is 92.2 cm³/mol. The molecule has 3 rings (SSSR count). The molecule has 1 aromatic carbocycles. The number of H-pyrrole nitrogens is 1. The third-order valence-electron chi connectivity index (χ3n) is 3.40. The largest absolute Gasteiger partial charge is 0.467 e. The number of nitrogens with one attached hydrogen (secondary N) is 1. The Morgan fingerprint density at radius 2 is 1.80 bits per heavy atom. The van der Waals surface area contributed by atoms with E-state index in [2.05, 4.69) is 19.9 Å². The summed E-state index contributed by atoms with van der Waals surface area (Å²) < 4.78 is 17.8. The van der Waals surface area contributed by atoms with Gasteiger partial charge in [-0.25, -0.2) is 19.3 Å². The van der Waals surface area contributed by atoms with Gasteiger partial charge in [0.25, 0.3) is 5.56 Å². The highest BCUT2D eigenvalue weighted by Crippen LogP contribution is 2.18. The number of hydrogen-bond donors (Lipinski definition) is 1. The molecule has 128 valence electrons. The smallest absolute Gasteiger partial charge is 0.316 e. The minimum absolute atomic E-state index is 0.201. The number of rotatable bonds is 6. The van der Waals surface area contributed by atoms with Gasteiger partial charge in [0.15, 0.2) is 5.16 Å². The van der Waals surface area contributed by atoms with E-state index >= 15 is 0 Å². The topological polar surface area (TPSA) is 80.8 Å². The van der Waals surface area contributed by atoms with Gasteiger partial charge in [-0.15, -0.1) is 0 Å². The average molecular weight is 358 g/mol. The molecule has 2 aromatic heterocycles. The number of halogens is 1. The first kappa shape index (κ1) is 17.1. The third-order valence-corrected chi connectivity index (χ3v) is 4.36. The highest BCUT2D eigenvalue weighted by atomic mass is 32.2. The standard InChI is InChI=1S/C17H15FN4O2S/c1-24-16-19-7-12(8-20-16)6-13-9-21-17(22-15(13)23)25-10-11-2-4-14(18)5-3-11/h2-5,7-9H,6,10H2,1H3,(H,21,22,23). The van der Waals surface area contributed by atoms with Gasteiger partial charge >= 0.3 is 6.01 Å². The Balaban J connectivity index is 1.65. The number of nitrogens with zero attached hydrogens (tertiary/aromatic N) is 3. The number of aromatic amines is 1. The van der Waals surface area contributed by atoms with Crippen LogP contribution in [0, 0.1) is 5.82 Å². The third kappa shape index (κ3) is 4.63. The van der Waals surface area contributed by atoms with Gasteiger partial charge in [-0.1, -0.05) is 23.9 Å². The molecule has 6 nitrogen and oxygen atoms in total. The normalized spacial score (nSPS) is 10.6. The number of benzene rings is 1. The molecule has 0 fully saturated rings. The molecule has 0 bridgehead atoms. The Bertz CT molecular complexity index is 898. The molecule has 1 N–H and O–H groups in total. The van der Waals surface area contributed by atoms with Crippen LogP contribution in [-0.4, -0.2) is 27.0 Å². The fourth-order valence-electron chi connectivity index (χ4n) is 2.10. The number of hydrogen-bond acceptors (Lipinski definition) is 6. The number of aromatic nitrogens is 4. The lowest BCUT2D eigenvalue weighted by Crippen LogP contribution is -2.15. The zero-order valence-electron chi connectivity index (χ0n) is 13.4. The van der Waals surface area contributed by atoms with Crippen LogP contribution < -0.4 is 10.3 Å². The van der Waals surface area contributed by atoms with Crippen molar-refractivity contribution in [2.24, 2.45) is 0 Å².